The van der Waals surface area contributed by atoms with Crippen molar-refractivity contribution in [3.63, 3.8) is 0 Å². The minimum absolute atomic E-state index is 0.121. The molecule has 0 saturated heterocycles. The van der Waals surface area contributed by atoms with E-state index in [-0.39, 0.29) is 12.1 Å². The van der Waals surface area contributed by atoms with Gasteiger partial charge in [0.25, 0.3) is 0 Å². The van der Waals surface area contributed by atoms with Crippen molar-refractivity contribution in [3.05, 3.63) is 29.8 Å². The first kappa shape index (κ1) is 13.5. The number of para-hydroxylation sites is 1. The molecule has 0 bridgehead atoms. The van der Waals surface area contributed by atoms with Crippen LogP contribution in [0.25, 0.3) is 0 Å². The van der Waals surface area contributed by atoms with E-state index in [1.165, 1.54) is 0 Å². The van der Waals surface area contributed by atoms with Crippen molar-refractivity contribution in [2.75, 3.05) is 12.4 Å². The van der Waals surface area contributed by atoms with Crippen LogP contribution >= 0.6 is 0 Å². The Morgan fingerprint density at radius 2 is 1.88 bits per heavy atom. The van der Waals surface area contributed by atoms with Crippen molar-refractivity contribution in [1.29, 1.82) is 0 Å². The topological polar surface area (TPSA) is 50.4 Å². The molecule has 0 radical (unpaired) electrons. The Morgan fingerprint density at radius 3 is 2.47 bits per heavy atom. The summed E-state index contributed by atoms with van der Waals surface area (Å²) in [5.41, 5.74) is 1.82. The number of hydrogen-bond donors (Lipinski definition) is 2. The van der Waals surface area contributed by atoms with Crippen LogP contribution in [0.4, 0.5) is 10.5 Å². The lowest BCUT2D eigenvalue weighted by atomic mass is 10.1. The fourth-order valence-corrected chi connectivity index (χ4v) is 1.50. The summed E-state index contributed by atoms with van der Waals surface area (Å²) in [5.74, 6) is 0. The van der Waals surface area contributed by atoms with Gasteiger partial charge in [-0.3, -0.25) is 5.32 Å². The Labute approximate surface area is 102 Å². The lowest BCUT2D eigenvalue weighted by molar-refractivity contribution is 0.130. The highest BCUT2D eigenvalue weighted by atomic mass is 16.6. The molecule has 0 aromatic heterocycles. The fourth-order valence-electron chi connectivity index (χ4n) is 1.50. The maximum atomic E-state index is 11.5. The Hall–Kier alpha value is -1.55. The first-order valence-electron chi connectivity index (χ1n) is 5.78. The van der Waals surface area contributed by atoms with Gasteiger partial charge in [-0.15, -0.1) is 0 Å². The van der Waals surface area contributed by atoms with E-state index in [1.54, 1.807) is 0 Å². The van der Waals surface area contributed by atoms with E-state index >= 15 is 0 Å². The number of benzene rings is 1. The van der Waals surface area contributed by atoms with E-state index in [0.717, 1.165) is 11.3 Å². The molecular formula is C13H20N2O2. The van der Waals surface area contributed by atoms with Crippen LogP contribution in [0.1, 0.15) is 32.4 Å². The summed E-state index contributed by atoms with van der Waals surface area (Å²) in [5, 5.41) is 5.90. The van der Waals surface area contributed by atoms with Crippen molar-refractivity contribution in [2.24, 2.45) is 0 Å². The predicted octanol–water partition coefficient (Wildman–Crippen LogP) is 2.92. The maximum Gasteiger partial charge on any atom is 0.411 e. The van der Waals surface area contributed by atoms with Crippen LogP contribution in [-0.2, 0) is 4.74 Å². The molecule has 4 nitrogen and oxygen atoms in total. The van der Waals surface area contributed by atoms with Gasteiger partial charge in [0.05, 0.1) is 6.10 Å². The quantitative estimate of drug-likeness (QED) is 0.845. The zero-order valence-electron chi connectivity index (χ0n) is 10.8. The second kappa shape index (κ2) is 6.25. The number of rotatable bonds is 4. The van der Waals surface area contributed by atoms with Crippen molar-refractivity contribution in [1.82, 2.24) is 5.32 Å². The van der Waals surface area contributed by atoms with Crippen LogP contribution < -0.4 is 10.6 Å². The van der Waals surface area contributed by atoms with Gasteiger partial charge < -0.3 is 10.1 Å². The van der Waals surface area contributed by atoms with Gasteiger partial charge in [0, 0.05) is 11.7 Å². The van der Waals surface area contributed by atoms with Crippen molar-refractivity contribution < 1.29 is 9.53 Å². The summed E-state index contributed by atoms with van der Waals surface area (Å²) in [4.78, 5) is 11.5. The zero-order chi connectivity index (χ0) is 12.8. The molecule has 0 heterocycles. The molecule has 0 aliphatic rings. The number of nitrogens with one attached hydrogen (secondary N) is 2. The standard InChI is InChI=1S/C13H20N2O2/c1-9(2)17-13(16)15-12-8-6-5-7-11(12)10(3)14-4/h5-10,14H,1-4H3,(H,15,16). The minimum Gasteiger partial charge on any atom is -0.447 e. The third-order valence-electron chi connectivity index (χ3n) is 2.44. The summed E-state index contributed by atoms with van der Waals surface area (Å²) >= 11 is 0. The molecule has 0 fully saturated rings. The summed E-state index contributed by atoms with van der Waals surface area (Å²) in [7, 11) is 1.88. The van der Waals surface area contributed by atoms with E-state index in [2.05, 4.69) is 10.6 Å². The highest BCUT2D eigenvalue weighted by Gasteiger charge is 2.11. The van der Waals surface area contributed by atoms with Gasteiger partial charge in [-0.1, -0.05) is 18.2 Å². The van der Waals surface area contributed by atoms with Crippen LogP contribution in [0.3, 0.4) is 0 Å². The predicted molar refractivity (Wildman–Crippen MR) is 69.2 cm³/mol. The monoisotopic (exact) mass is 236 g/mol. The smallest absolute Gasteiger partial charge is 0.411 e. The third kappa shape index (κ3) is 4.07. The number of carbonyl (C=O) groups is 1. The molecule has 0 saturated carbocycles. The maximum absolute atomic E-state index is 11.5. The first-order valence-corrected chi connectivity index (χ1v) is 5.78. The average Bonchev–Trinajstić information content (AvgIpc) is 2.27. The summed E-state index contributed by atoms with van der Waals surface area (Å²) in [6.45, 7) is 5.68. The molecule has 94 valence electrons. The molecule has 1 rings (SSSR count). The van der Waals surface area contributed by atoms with Gasteiger partial charge in [-0.25, -0.2) is 4.79 Å². The van der Waals surface area contributed by atoms with Gasteiger partial charge in [-0.2, -0.15) is 0 Å². The lowest BCUT2D eigenvalue weighted by Gasteiger charge is -2.17. The highest BCUT2D eigenvalue weighted by molar-refractivity contribution is 5.85. The van der Waals surface area contributed by atoms with Crippen molar-refractivity contribution in [2.45, 2.75) is 32.9 Å². The molecule has 0 spiro atoms. The largest absolute Gasteiger partial charge is 0.447 e. The van der Waals surface area contributed by atoms with E-state index in [4.69, 9.17) is 4.74 Å². The second-order valence-electron chi connectivity index (χ2n) is 4.18. The molecular weight excluding hydrogens is 216 g/mol. The number of ether oxygens (including phenoxy) is 1. The highest BCUT2D eigenvalue weighted by Crippen LogP contribution is 2.22. The molecule has 1 unspecified atom stereocenters. The average molecular weight is 236 g/mol. The molecule has 1 amide bonds. The third-order valence-corrected chi connectivity index (χ3v) is 2.44. The van der Waals surface area contributed by atoms with E-state index in [1.807, 2.05) is 52.1 Å². The fraction of sp³-hybridized carbons (Fsp3) is 0.462. The SMILES string of the molecule is CNC(C)c1ccccc1NC(=O)OC(C)C. The number of hydrogen-bond acceptors (Lipinski definition) is 3. The molecule has 1 aromatic rings. The molecule has 1 atom stereocenters. The van der Waals surface area contributed by atoms with Crippen molar-refractivity contribution >= 4 is 11.8 Å². The Morgan fingerprint density at radius 1 is 1.24 bits per heavy atom. The molecule has 1 aromatic carbocycles. The Kier molecular flexibility index (Phi) is 4.97. The number of anilines is 1. The number of amides is 1. The molecule has 0 aliphatic carbocycles. The Bertz CT molecular complexity index is 377. The minimum atomic E-state index is -0.421. The van der Waals surface area contributed by atoms with E-state index in [0.29, 0.717) is 0 Å². The van der Waals surface area contributed by atoms with Crippen LogP contribution in [0.5, 0.6) is 0 Å². The first-order chi connectivity index (χ1) is 8.04. The Balaban J connectivity index is 2.80. The molecule has 2 N–H and O–H groups in total. The van der Waals surface area contributed by atoms with E-state index in [9.17, 15) is 4.79 Å². The van der Waals surface area contributed by atoms with E-state index < -0.39 is 6.09 Å². The number of carbonyl (C=O) groups excluding carboxylic acids is 1. The van der Waals surface area contributed by atoms with Gasteiger partial charge >= 0.3 is 6.09 Å². The van der Waals surface area contributed by atoms with Crippen LogP contribution in [0.2, 0.25) is 0 Å². The molecule has 0 aliphatic heterocycles. The lowest BCUT2D eigenvalue weighted by Crippen LogP contribution is -2.20. The van der Waals surface area contributed by atoms with Gasteiger partial charge in [0.1, 0.15) is 0 Å². The second-order valence-corrected chi connectivity index (χ2v) is 4.18. The summed E-state index contributed by atoms with van der Waals surface area (Å²) in [6, 6.07) is 7.85. The van der Waals surface area contributed by atoms with Crippen LogP contribution in [0, 0.1) is 0 Å². The van der Waals surface area contributed by atoms with Crippen LogP contribution in [0.15, 0.2) is 24.3 Å². The van der Waals surface area contributed by atoms with Crippen molar-refractivity contribution in [3.8, 4) is 0 Å². The molecule has 17 heavy (non-hydrogen) atoms. The summed E-state index contributed by atoms with van der Waals surface area (Å²) < 4.78 is 5.05. The molecule has 4 heteroatoms. The normalized spacial score (nSPS) is 12.3. The van der Waals surface area contributed by atoms with Crippen LogP contribution in [-0.4, -0.2) is 19.2 Å². The zero-order valence-corrected chi connectivity index (χ0v) is 10.8. The van der Waals surface area contributed by atoms with Gasteiger partial charge in [-0.05, 0) is 39.4 Å². The van der Waals surface area contributed by atoms with Gasteiger partial charge in [0.15, 0.2) is 0 Å². The summed E-state index contributed by atoms with van der Waals surface area (Å²) in [6.07, 6.45) is -0.542. The van der Waals surface area contributed by atoms with Gasteiger partial charge in [0.2, 0.25) is 0 Å².